The maximum Gasteiger partial charge on any atom is 0.0713 e. The van der Waals surface area contributed by atoms with Gasteiger partial charge in [0.25, 0.3) is 0 Å². The predicted octanol–water partition coefficient (Wildman–Crippen LogP) is 2.26. The molecule has 0 unspecified atom stereocenters. The zero-order chi connectivity index (χ0) is 13.2. The first-order valence-corrected chi connectivity index (χ1v) is 6.80. The highest BCUT2D eigenvalue weighted by atomic mass is 16.5. The molecular weight excluding hydrogens is 224 g/mol. The minimum atomic E-state index is 0.688. The Bertz CT molecular complexity index is 324. The summed E-state index contributed by atoms with van der Waals surface area (Å²) in [5.74, 6) is 0. The molecule has 1 N–H and O–H groups in total. The summed E-state index contributed by atoms with van der Waals surface area (Å²) in [4.78, 5) is 2.42. The lowest BCUT2D eigenvalue weighted by Crippen LogP contribution is -2.31. The van der Waals surface area contributed by atoms with Gasteiger partial charge < -0.3 is 15.0 Å². The van der Waals surface area contributed by atoms with Crippen molar-refractivity contribution in [1.29, 1.82) is 0 Å². The van der Waals surface area contributed by atoms with Crippen LogP contribution in [-0.4, -0.2) is 38.2 Å². The van der Waals surface area contributed by atoms with Crippen LogP contribution in [0.3, 0.4) is 0 Å². The predicted molar refractivity (Wildman–Crippen MR) is 76.6 cm³/mol. The molecule has 0 bridgehead atoms. The van der Waals surface area contributed by atoms with Gasteiger partial charge in [-0.05, 0) is 24.2 Å². The van der Waals surface area contributed by atoms with E-state index in [1.807, 2.05) is 0 Å². The van der Waals surface area contributed by atoms with Crippen LogP contribution < -0.4 is 5.32 Å². The van der Waals surface area contributed by atoms with Crippen molar-refractivity contribution in [2.24, 2.45) is 0 Å². The number of nitrogens with zero attached hydrogens (tertiary/aromatic N) is 1. The minimum absolute atomic E-state index is 0.688. The number of rotatable bonds is 9. The zero-order valence-corrected chi connectivity index (χ0v) is 11.9. The molecule has 0 saturated carbocycles. The van der Waals surface area contributed by atoms with Gasteiger partial charge in [0.05, 0.1) is 6.61 Å². The van der Waals surface area contributed by atoms with Gasteiger partial charge in [0, 0.05) is 26.7 Å². The summed E-state index contributed by atoms with van der Waals surface area (Å²) >= 11 is 0. The minimum Gasteiger partial charge on any atom is -0.380 e. The summed E-state index contributed by atoms with van der Waals surface area (Å²) < 4.78 is 5.14. The van der Waals surface area contributed by atoms with Crippen molar-refractivity contribution < 1.29 is 4.74 Å². The molecule has 1 aromatic carbocycles. The van der Waals surface area contributed by atoms with Crippen molar-refractivity contribution >= 4 is 0 Å². The second-order valence-electron chi connectivity index (χ2n) is 4.46. The molecule has 0 amide bonds. The Morgan fingerprint density at radius 2 is 1.89 bits per heavy atom. The van der Waals surface area contributed by atoms with Crippen LogP contribution in [0.25, 0.3) is 0 Å². The largest absolute Gasteiger partial charge is 0.380 e. The first-order chi connectivity index (χ1) is 8.80. The highest BCUT2D eigenvalue weighted by Crippen LogP contribution is 2.06. The van der Waals surface area contributed by atoms with Gasteiger partial charge in [0.1, 0.15) is 0 Å². The number of benzene rings is 1. The SMILES string of the molecule is CCN(CC)CCNCc1cccc(COC)c1. The number of likely N-dealkylation sites (N-methyl/N-ethyl adjacent to an activating group) is 1. The van der Waals surface area contributed by atoms with Gasteiger partial charge in [-0.1, -0.05) is 38.1 Å². The molecule has 0 fully saturated rings. The molecule has 1 rings (SSSR count). The Morgan fingerprint density at radius 1 is 1.17 bits per heavy atom. The van der Waals surface area contributed by atoms with Gasteiger partial charge in [-0.15, -0.1) is 0 Å². The lowest BCUT2D eigenvalue weighted by molar-refractivity contribution is 0.185. The van der Waals surface area contributed by atoms with Gasteiger partial charge in [-0.3, -0.25) is 0 Å². The third kappa shape index (κ3) is 5.63. The summed E-state index contributed by atoms with van der Waals surface area (Å²) in [7, 11) is 1.73. The molecule has 0 spiro atoms. The van der Waals surface area contributed by atoms with E-state index in [-0.39, 0.29) is 0 Å². The van der Waals surface area contributed by atoms with E-state index < -0.39 is 0 Å². The van der Waals surface area contributed by atoms with Crippen LogP contribution in [-0.2, 0) is 17.9 Å². The molecule has 102 valence electrons. The maximum absolute atomic E-state index is 5.14. The normalized spacial score (nSPS) is 11.1. The summed E-state index contributed by atoms with van der Waals surface area (Å²) in [6, 6.07) is 8.55. The average Bonchev–Trinajstić information content (AvgIpc) is 2.40. The molecule has 0 aliphatic rings. The van der Waals surface area contributed by atoms with Crippen LogP contribution in [0, 0.1) is 0 Å². The molecule has 18 heavy (non-hydrogen) atoms. The Kier molecular flexibility index (Phi) is 7.65. The van der Waals surface area contributed by atoms with E-state index >= 15 is 0 Å². The molecular formula is C15H26N2O. The Morgan fingerprint density at radius 3 is 2.56 bits per heavy atom. The smallest absolute Gasteiger partial charge is 0.0713 e. The summed E-state index contributed by atoms with van der Waals surface area (Å²) in [6.45, 7) is 10.4. The van der Waals surface area contributed by atoms with Crippen LogP contribution in [0.4, 0.5) is 0 Å². The van der Waals surface area contributed by atoms with E-state index in [2.05, 4.69) is 48.3 Å². The second-order valence-corrected chi connectivity index (χ2v) is 4.46. The molecule has 0 aliphatic heterocycles. The van der Waals surface area contributed by atoms with E-state index in [0.717, 1.165) is 32.7 Å². The van der Waals surface area contributed by atoms with Gasteiger partial charge in [0.15, 0.2) is 0 Å². The van der Waals surface area contributed by atoms with Gasteiger partial charge in [-0.25, -0.2) is 0 Å². The highest BCUT2D eigenvalue weighted by Gasteiger charge is 1.99. The topological polar surface area (TPSA) is 24.5 Å². The highest BCUT2D eigenvalue weighted by molar-refractivity contribution is 5.22. The number of methoxy groups -OCH3 is 1. The van der Waals surface area contributed by atoms with E-state index in [1.165, 1.54) is 11.1 Å². The van der Waals surface area contributed by atoms with Crippen LogP contribution in [0.2, 0.25) is 0 Å². The van der Waals surface area contributed by atoms with E-state index in [9.17, 15) is 0 Å². The first-order valence-electron chi connectivity index (χ1n) is 6.80. The van der Waals surface area contributed by atoms with Gasteiger partial charge in [-0.2, -0.15) is 0 Å². The lowest BCUT2D eigenvalue weighted by Gasteiger charge is -2.18. The van der Waals surface area contributed by atoms with E-state index in [0.29, 0.717) is 6.61 Å². The molecule has 3 nitrogen and oxygen atoms in total. The number of ether oxygens (including phenoxy) is 1. The molecule has 1 aromatic rings. The quantitative estimate of drug-likeness (QED) is 0.680. The second kappa shape index (κ2) is 9.09. The third-order valence-electron chi connectivity index (χ3n) is 3.13. The Hall–Kier alpha value is -0.900. The van der Waals surface area contributed by atoms with Crippen molar-refractivity contribution in [2.45, 2.75) is 27.0 Å². The molecule has 0 radical (unpaired) electrons. The molecule has 0 aromatic heterocycles. The Labute approximate surface area is 111 Å². The fourth-order valence-electron chi connectivity index (χ4n) is 2.01. The van der Waals surface area contributed by atoms with Gasteiger partial charge in [0.2, 0.25) is 0 Å². The van der Waals surface area contributed by atoms with Crippen molar-refractivity contribution in [3.63, 3.8) is 0 Å². The standard InChI is InChI=1S/C15H26N2O/c1-4-17(5-2)10-9-16-12-14-7-6-8-15(11-14)13-18-3/h6-8,11,16H,4-5,9-10,12-13H2,1-3H3. The van der Waals surface area contributed by atoms with Crippen molar-refractivity contribution in [3.05, 3.63) is 35.4 Å². The summed E-state index contributed by atoms with van der Waals surface area (Å²) in [6.07, 6.45) is 0. The fourth-order valence-corrected chi connectivity index (χ4v) is 2.01. The molecule has 0 saturated heterocycles. The van der Waals surface area contributed by atoms with Crippen LogP contribution in [0.5, 0.6) is 0 Å². The third-order valence-corrected chi connectivity index (χ3v) is 3.13. The molecule has 3 heteroatoms. The summed E-state index contributed by atoms with van der Waals surface area (Å²) in [5.41, 5.74) is 2.56. The first kappa shape index (κ1) is 15.2. The number of hydrogen-bond donors (Lipinski definition) is 1. The van der Waals surface area contributed by atoms with Crippen molar-refractivity contribution in [1.82, 2.24) is 10.2 Å². The fraction of sp³-hybridized carbons (Fsp3) is 0.600. The van der Waals surface area contributed by atoms with E-state index in [1.54, 1.807) is 7.11 Å². The van der Waals surface area contributed by atoms with Crippen LogP contribution in [0.15, 0.2) is 24.3 Å². The zero-order valence-electron chi connectivity index (χ0n) is 11.9. The molecule has 0 aliphatic carbocycles. The maximum atomic E-state index is 5.14. The number of hydrogen-bond acceptors (Lipinski definition) is 3. The monoisotopic (exact) mass is 250 g/mol. The van der Waals surface area contributed by atoms with Crippen LogP contribution in [0.1, 0.15) is 25.0 Å². The number of nitrogens with one attached hydrogen (secondary N) is 1. The Balaban J connectivity index is 2.28. The molecule has 0 atom stereocenters. The summed E-state index contributed by atoms with van der Waals surface area (Å²) in [5, 5.41) is 3.49. The van der Waals surface area contributed by atoms with Crippen LogP contribution >= 0.6 is 0 Å². The average molecular weight is 250 g/mol. The van der Waals surface area contributed by atoms with Crippen molar-refractivity contribution in [3.8, 4) is 0 Å². The van der Waals surface area contributed by atoms with Crippen molar-refractivity contribution in [2.75, 3.05) is 33.3 Å². The van der Waals surface area contributed by atoms with Gasteiger partial charge >= 0.3 is 0 Å². The van der Waals surface area contributed by atoms with E-state index in [4.69, 9.17) is 4.74 Å². The molecule has 0 heterocycles. The lowest BCUT2D eigenvalue weighted by atomic mass is 10.1.